The van der Waals surface area contributed by atoms with Crippen molar-refractivity contribution in [2.75, 3.05) is 14.2 Å². The summed E-state index contributed by atoms with van der Waals surface area (Å²) < 4.78 is 9.96. The molecular formula is C15H16O3S. The summed E-state index contributed by atoms with van der Waals surface area (Å²) in [5.41, 5.74) is 3.19. The van der Waals surface area contributed by atoms with Gasteiger partial charge in [0.2, 0.25) is 0 Å². The van der Waals surface area contributed by atoms with Crippen LogP contribution in [0.5, 0.6) is 5.75 Å². The minimum Gasteiger partial charge on any atom is -0.497 e. The molecule has 19 heavy (non-hydrogen) atoms. The van der Waals surface area contributed by atoms with Crippen LogP contribution in [0.2, 0.25) is 0 Å². The predicted octanol–water partition coefficient (Wildman–Crippen LogP) is 3.83. The van der Waals surface area contributed by atoms with Gasteiger partial charge in [0.1, 0.15) is 10.6 Å². The van der Waals surface area contributed by atoms with Crippen molar-refractivity contribution in [2.24, 2.45) is 0 Å². The molecule has 0 saturated heterocycles. The van der Waals surface area contributed by atoms with Crippen LogP contribution in [0.4, 0.5) is 0 Å². The van der Waals surface area contributed by atoms with Crippen LogP contribution in [0.25, 0.3) is 10.4 Å². The highest BCUT2D eigenvalue weighted by Gasteiger charge is 2.18. The van der Waals surface area contributed by atoms with Crippen LogP contribution in [0.15, 0.2) is 24.3 Å². The van der Waals surface area contributed by atoms with Crippen LogP contribution in [0.1, 0.15) is 20.8 Å². The summed E-state index contributed by atoms with van der Waals surface area (Å²) in [6, 6.07) is 7.83. The molecule has 2 rings (SSSR count). The van der Waals surface area contributed by atoms with Gasteiger partial charge in [-0.3, -0.25) is 0 Å². The third-order valence-electron chi connectivity index (χ3n) is 3.17. The Morgan fingerprint density at radius 3 is 2.21 bits per heavy atom. The molecule has 1 aromatic heterocycles. The zero-order chi connectivity index (χ0) is 14.0. The summed E-state index contributed by atoms with van der Waals surface area (Å²) >= 11 is 1.47. The van der Waals surface area contributed by atoms with E-state index in [2.05, 4.69) is 0 Å². The molecule has 4 heteroatoms. The topological polar surface area (TPSA) is 35.5 Å². The number of methoxy groups -OCH3 is 2. The molecule has 2 aromatic rings. The summed E-state index contributed by atoms with van der Waals surface area (Å²) in [5, 5.41) is 0. The van der Waals surface area contributed by atoms with Crippen molar-refractivity contribution in [3.8, 4) is 16.2 Å². The molecule has 100 valence electrons. The molecule has 0 N–H and O–H groups in total. The van der Waals surface area contributed by atoms with Gasteiger partial charge in [-0.15, -0.1) is 11.3 Å². The van der Waals surface area contributed by atoms with E-state index in [-0.39, 0.29) is 5.97 Å². The van der Waals surface area contributed by atoms with Gasteiger partial charge in [0, 0.05) is 4.88 Å². The van der Waals surface area contributed by atoms with Crippen LogP contribution >= 0.6 is 11.3 Å². The highest BCUT2D eigenvalue weighted by Crippen LogP contribution is 2.36. The number of esters is 1. The molecule has 0 saturated carbocycles. The Labute approximate surface area is 116 Å². The van der Waals surface area contributed by atoms with E-state index in [0.717, 1.165) is 27.3 Å². The Bertz CT molecular complexity index is 597. The monoisotopic (exact) mass is 276 g/mol. The van der Waals surface area contributed by atoms with Gasteiger partial charge in [-0.1, -0.05) is 0 Å². The van der Waals surface area contributed by atoms with E-state index < -0.39 is 0 Å². The lowest BCUT2D eigenvalue weighted by molar-refractivity contribution is 0.0605. The molecule has 0 atom stereocenters. The summed E-state index contributed by atoms with van der Waals surface area (Å²) in [6.45, 7) is 3.98. The van der Waals surface area contributed by atoms with E-state index >= 15 is 0 Å². The minimum atomic E-state index is -0.273. The van der Waals surface area contributed by atoms with E-state index in [9.17, 15) is 4.79 Å². The Hall–Kier alpha value is -1.81. The molecule has 3 nitrogen and oxygen atoms in total. The van der Waals surface area contributed by atoms with Crippen molar-refractivity contribution in [3.05, 3.63) is 40.3 Å². The highest BCUT2D eigenvalue weighted by atomic mass is 32.1. The Morgan fingerprint density at radius 1 is 1.05 bits per heavy atom. The van der Waals surface area contributed by atoms with Gasteiger partial charge >= 0.3 is 5.97 Å². The summed E-state index contributed by atoms with van der Waals surface area (Å²) in [6.07, 6.45) is 0. The second-order valence-corrected chi connectivity index (χ2v) is 5.25. The van der Waals surface area contributed by atoms with Crippen molar-refractivity contribution < 1.29 is 14.3 Å². The maximum absolute atomic E-state index is 11.7. The average Bonchev–Trinajstić information content (AvgIpc) is 2.75. The van der Waals surface area contributed by atoms with E-state index in [1.807, 2.05) is 38.1 Å². The lowest BCUT2D eigenvalue weighted by Crippen LogP contribution is -1.99. The van der Waals surface area contributed by atoms with Gasteiger partial charge in [-0.05, 0) is 54.8 Å². The molecule has 0 bridgehead atoms. The van der Waals surface area contributed by atoms with Crippen LogP contribution in [0.3, 0.4) is 0 Å². The molecule has 0 spiro atoms. The van der Waals surface area contributed by atoms with Crippen LogP contribution in [-0.4, -0.2) is 20.2 Å². The van der Waals surface area contributed by atoms with Crippen molar-refractivity contribution in [2.45, 2.75) is 13.8 Å². The van der Waals surface area contributed by atoms with Crippen molar-refractivity contribution in [3.63, 3.8) is 0 Å². The summed E-state index contributed by atoms with van der Waals surface area (Å²) in [4.78, 5) is 13.5. The molecule has 0 radical (unpaired) electrons. The lowest BCUT2D eigenvalue weighted by atomic mass is 10.1. The van der Waals surface area contributed by atoms with Gasteiger partial charge in [0.05, 0.1) is 14.2 Å². The van der Waals surface area contributed by atoms with Crippen molar-refractivity contribution in [1.29, 1.82) is 0 Å². The number of rotatable bonds is 3. The quantitative estimate of drug-likeness (QED) is 0.799. The fourth-order valence-corrected chi connectivity index (χ4v) is 3.14. The standard InChI is InChI=1S/C15H16O3S/c1-9-10(2)14(15(16)18-4)19-13(9)11-5-7-12(17-3)8-6-11/h5-8H,1-4H3. The SMILES string of the molecule is COC(=O)c1sc(-c2ccc(OC)cc2)c(C)c1C. The summed E-state index contributed by atoms with van der Waals surface area (Å²) in [5.74, 6) is 0.549. The van der Waals surface area contributed by atoms with Gasteiger partial charge in [0.15, 0.2) is 0 Å². The van der Waals surface area contributed by atoms with E-state index in [1.165, 1.54) is 18.4 Å². The van der Waals surface area contributed by atoms with Gasteiger partial charge in [-0.25, -0.2) is 4.79 Å². The van der Waals surface area contributed by atoms with Gasteiger partial charge in [0.25, 0.3) is 0 Å². The Kier molecular flexibility index (Phi) is 3.90. The third kappa shape index (κ3) is 2.49. The fraction of sp³-hybridized carbons (Fsp3) is 0.267. The van der Waals surface area contributed by atoms with Crippen LogP contribution in [-0.2, 0) is 4.74 Å². The maximum atomic E-state index is 11.7. The first kappa shape index (κ1) is 13.6. The van der Waals surface area contributed by atoms with E-state index in [0.29, 0.717) is 4.88 Å². The average molecular weight is 276 g/mol. The molecule has 1 heterocycles. The third-order valence-corrected chi connectivity index (χ3v) is 4.59. The second-order valence-electron chi connectivity index (χ2n) is 4.23. The highest BCUT2D eigenvalue weighted by molar-refractivity contribution is 7.17. The smallest absolute Gasteiger partial charge is 0.348 e. The van der Waals surface area contributed by atoms with E-state index in [4.69, 9.17) is 9.47 Å². The lowest BCUT2D eigenvalue weighted by Gasteiger charge is -2.02. The molecule has 0 fully saturated rings. The Balaban J connectivity index is 2.47. The number of thiophene rings is 1. The van der Waals surface area contributed by atoms with Gasteiger partial charge < -0.3 is 9.47 Å². The van der Waals surface area contributed by atoms with Crippen molar-refractivity contribution in [1.82, 2.24) is 0 Å². The molecule has 0 amide bonds. The first-order valence-electron chi connectivity index (χ1n) is 5.91. The first-order chi connectivity index (χ1) is 9.08. The summed E-state index contributed by atoms with van der Waals surface area (Å²) in [7, 11) is 3.05. The molecule has 0 aliphatic heterocycles. The molecule has 1 aromatic carbocycles. The second kappa shape index (κ2) is 5.45. The normalized spacial score (nSPS) is 10.3. The molecule has 0 aliphatic rings. The van der Waals surface area contributed by atoms with Gasteiger partial charge in [-0.2, -0.15) is 0 Å². The molecule has 0 unspecified atom stereocenters. The minimum absolute atomic E-state index is 0.273. The fourth-order valence-electron chi connectivity index (χ4n) is 1.90. The Morgan fingerprint density at radius 2 is 1.68 bits per heavy atom. The molecule has 0 aliphatic carbocycles. The first-order valence-corrected chi connectivity index (χ1v) is 6.72. The van der Waals surface area contributed by atoms with Crippen LogP contribution < -0.4 is 4.74 Å². The zero-order valence-corrected chi connectivity index (χ0v) is 12.3. The molecular weight excluding hydrogens is 260 g/mol. The number of carbonyl (C=O) groups excluding carboxylic acids is 1. The maximum Gasteiger partial charge on any atom is 0.348 e. The number of carbonyl (C=O) groups is 1. The number of ether oxygens (including phenoxy) is 2. The van der Waals surface area contributed by atoms with Crippen molar-refractivity contribution >= 4 is 17.3 Å². The number of hydrogen-bond donors (Lipinski definition) is 0. The van der Waals surface area contributed by atoms with Crippen LogP contribution in [0, 0.1) is 13.8 Å². The van der Waals surface area contributed by atoms with E-state index in [1.54, 1.807) is 7.11 Å². The number of benzene rings is 1. The zero-order valence-electron chi connectivity index (χ0n) is 11.4. The predicted molar refractivity (Wildman–Crippen MR) is 77.1 cm³/mol. The number of hydrogen-bond acceptors (Lipinski definition) is 4. The largest absolute Gasteiger partial charge is 0.497 e.